The van der Waals surface area contributed by atoms with Crippen LogP contribution in [0.5, 0.6) is 5.75 Å². The predicted octanol–water partition coefficient (Wildman–Crippen LogP) is 2.73. The Kier molecular flexibility index (Phi) is 4.61. The van der Waals surface area contributed by atoms with Gasteiger partial charge in [0.15, 0.2) is 11.0 Å². The summed E-state index contributed by atoms with van der Waals surface area (Å²) in [6.45, 7) is 1.98. The summed E-state index contributed by atoms with van der Waals surface area (Å²) in [6.07, 6.45) is 0.736. The largest absolute Gasteiger partial charge is 0.496 e. The zero-order chi connectivity index (χ0) is 16.2. The zero-order valence-corrected chi connectivity index (χ0v) is 14.0. The molecule has 0 N–H and O–H groups in total. The van der Waals surface area contributed by atoms with Crippen LogP contribution in [0.2, 0.25) is 0 Å². The Hall–Kier alpha value is -2.35. The van der Waals surface area contributed by atoms with Crippen molar-refractivity contribution >= 4 is 11.8 Å². The lowest BCUT2D eigenvalue weighted by Gasteiger charge is -2.07. The summed E-state index contributed by atoms with van der Waals surface area (Å²) in [5.41, 5.74) is 0.905. The molecule has 8 heteroatoms. The molecule has 3 aromatic rings. The highest BCUT2D eigenvalue weighted by molar-refractivity contribution is 7.98. The van der Waals surface area contributed by atoms with Gasteiger partial charge in [-0.25, -0.2) is 0 Å². The highest BCUT2D eigenvalue weighted by atomic mass is 32.2. The molecule has 1 aromatic carbocycles. The van der Waals surface area contributed by atoms with Gasteiger partial charge in [0, 0.05) is 13.5 Å². The van der Waals surface area contributed by atoms with Crippen molar-refractivity contribution in [2.45, 2.75) is 24.3 Å². The second-order valence-electron chi connectivity index (χ2n) is 4.80. The summed E-state index contributed by atoms with van der Waals surface area (Å²) >= 11 is 1.51. The van der Waals surface area contributed by atoms with E-state index in [4.69, 9.17) is 9.15 Å². The van der Waals surface area contributed by atoms with Crippen molar-refractivity contribution < 1.29 is 9.15 Å². The minimum absolute atomic E-state index is 0.560. The first kappa shape index (κ1) is 15.5. The molecule has 0 atom stereocenters. The van der Waals surface area contributed by atoms with E-state index in [0.717, 1.165) is 28.7 Å². The van der Waals surface area contributed by atoms with Gasteiger partial charge in [0.2, 0.25) is 11.8 Å². The van der Waals surface area contributed by atoms with E-state index in [1.54, 1.807) is 7.11 Å². The smallest absolute Gasteiger partial charge is 0.226 e. The van der Waals surface area contributed by atoms with Crippen LogP contribution in [-0.4, -0.2) is 32.1 Å². The molecule has 0 radical (unpaired) electrons. The molecular weight excluding hydrogens is 314 g/mol. The number of benzene rings is 1. The molecule has 120 valence electrons. The number of thioether (sulfide) groups is 1. The number of para-hydroxylation sites is 1. The zero-order valence-electron chi connectivity index (χ0n) is 13.2. The molecule has 3 rings (SSSR count). The Labute approximate surface area is 138 Å². The van der Waals surface area contributed by atoms with Gasteiger partial charge < -0.3 is 13.7 Å². The minimum atomic E-state index is 0.560. The summed E-state index contributed by atoms with van der Waals surface area (Å²) < 4.78 is 12.8. The van der Waals surface area contributed by atoms with Crippen LogP contribution in [0.4, 0.5) is 0 Å². The van der Waals surface area contributed by atoms with Crippen LogP contribution in [0, 0.1) is 0 Å². The van der Waals surface area contributed by atoms with Gasteiger partial charge in [-0.15, -0.1) is 20.4 Å². The van der Waals surface area contributed by atoms with Gasteiger partial charge in [-0.05, 0) is 12.1 Å². The normalized spacial score (nSPS) is 10.9. The molecule has 0 saturated heterocycles. The average Bonchev–Trinajstić information content (AvgIpc) is 3.19. The lowest BCUT2D eigenvalue weighted by molar-refractivity contribution is 0.416. The molecule has 0 aliphatic carbocycles. The maximum absolute atomic E-state index is 5.50. The lowest BCUT2D eigenvalue weighted by Crippen LogP contribution is -1.97. The van der Waals surface area contributed by atoms with E-state index in [1.165, 1.54) is 11.8 Å². The Bertz CT molecular complexity index is 799. The molecule has 0 aliphatic rings. The number of hydrogen-bond donors (Lipinski definition) is 0. The first-order valence-electron chi connectivity index (χ1n) is 7.19. The molecule has 0 bridgehead atoms. The molecule has 0 saturated carbocycles. The summed E-state index contributed by atoms with van der Waals surface area (Å²) in [6, 6.07) is 7.74. The maximum Gasteiger partial charge on any atom is 0.226 e. The van der Waals surface area contributed by atoms with Crippen LogP contribution in [-0.2, 0) is 19.2 Å². The number of ether oxygens (including phenoxy) is 1. The van der Waals surface area contributed by atoms with Gasteiger partial charge >= 0.3 is 0 Å². The van der Waals surface area contributed by atoms with Crippen LogP contribution in [0.25, 0.3) is 11.4 Å². The second kappa shape index (κ2) is 6.82. The first-order chi connectivity index (χ1) is 11.2. The first-order valence-corrected chi connectivity index (χ1v) is 8.18. The van der Waals surface area contributed by atoms with Crippen LogP contribution < -0.4 is 4.74 Å². The summed E-state index contributed by atoms with van der Waals surface area (Å²) in [4.78, 5) is 0. The van der Waals surface area contributed by atoms with Crippen LogP contribution in [0.3, 0.4) is 0 Å². The van der Waals surface area contributed by atoms with E-state index in [9.17, 15) is 0 Å². The molecule has 0 unspecified atom stereocenters. The van der Waals surface area contributed by atoms with E-state index < -0.39 is 0 Å². The lowest BCUT2D eigenvalue weighted by atomic mass is 10.2. The van der Waals surface area contributed by atoms with Crippen molar-refractivity contribution in [3.63, 3.8) is 0 Å². The van der Waals surface area contributed by atoms with Gasteiger partial charge in [0.05, 0.1) is 18.4 Å². The monoisotopic (exact) mass is 331 g/mol. The fraction of sp³-hybridized carbons (Fsp3) is 0.333. The molecule has 23 heavy (non-hydrogen) atoms. The third kappa shape index (κ3) is 3.21. The Morgan fingerprint density at radius 2 is 1.91 bits per heavy atom. The van der Waals surface area contributed by atoms with Crippen molar-refractivity contribution in [3.05, 3.63) is 36.0 Å². The molecule has 0 spiro atoms. The fourth-order valence-corrected chi connectivity index (χ4v) is 2.87. The highest BCUT2D eigenvalue weighted by Gasteiger charge is 2.15. The highest BCUT2D eigenvalue weighted by Crippen LogP contribution is 2.30. The van der Waals surface area contributed by atoms with Gasteiger partial charge in [-0.1, -0.05) is 30.8 Å². The van der Waals surface area contributed by atoms with Crippen molar-refractivity contribution in [2.24, 2.45) is 7.05 Å². The van der Waals surface area contributed by atoms with Gasteiger partial charge in [-0.2, -0.15) is 0 Å². The van der Waals surface area contributed by atoms with Crippen LogP contribution in [0.15, 0.2) is 33.8 Å². The molecular formula is C15H17N5O2S. The molecule has 7 nitrogen and oxygen atoms in total. The van der Waals surface area contributed by atoms with Crippen molar-refractivity contribution in [1.29, 1.82) is 0 Å². The molecule has 0 amide bonds. The standard InChI is InChI=1S/C15H17N5O2S/c1-4-12-16-17-13(22-12)9-23-15-19-18-14(20(15)2)10-7-5-6-8-11(10)21-3/h5-8H,4,9H2,1-3H3. The predicted molar refractivity (Wildman–Crippen MR) is 86.2 cm³/mol. The molecule has 2 aromatic heterocycles. The topological polar surface area (TPSA) is 78.9 Å². The van der Waals surface area contributed by atoms with Crippen molar-refractivity contribution in [3.8, 4) is 17.1 Å². The number of nitrogens with zero attached hydrogens (tertiary/aromatic N) is 5. The van der Waals surface area contributed by atoms with Gasteiger partial charge in [-0.3, -0.25) is 0 Å². The Morgan fingerprint density at radius 3 is 2.65 bits per heavy atom. The summed E-state index contributed by atoms with van der Waals surface area (Å²) in [7, 11) is 3.57. The Morgan fingerprint density at radius 1 is 1.13 bits per heavy atom. The molecule has 0 fully saturated rings. The van der Waals surface area contributed by atoms with E-state index in [-0.39, 0.29) is 0 Å². The van der Waals surface area contributed by atoms with E-state index in [0.29, 0.717) is 17.5 Å². The van der Waals surface area contributed by atoms with Gasteiger partial charge in [0.1, 0.15) is 5.75 Å². The third-order valence-electron chi connectivity index (χ3n) is 3.32. The van der Waals surface area contributed by atoms with E-state index in [2.05, 4.69) is 20.4 Å². The average molecular weight is 331 g/mol. The van der Waals surface area contributed by atoms with Crippen LogP contribution in [0.1, 0.15) is 18.7 Å². The SMILES string of the molecule is CCc1nnc(CSc2nnc(-c3ccccc3OC)n2C)o1. The third-order valence-corrected chi connectivity index (χ3v) is 4.32. The van der Waals surface area contributed by atoms with Crippen molar-refractivity contribution in [1.82, 2.24) is 25.0 Å². The number of rotatable bonds is 6. The number of aromatic nitrogens is 5. The van der Waals surface area contributed by atoms with Crippen molar-refractivity contribution in [2.75, 3.05) is 7.11 Å². The second-order valence-corrected chi connectivity index (χ2v) is 5.74. The van der Waals surface area contributed by atoms with E-state index >= 15 is 0 Å². The van der Waals surface area contributed by atoms with Gasteiger partial charge in [0.25, 0.3) is 0 Å². The molecule has 2 heterocycles. The summed E-state index contributed by atoms with van der Waals surface area (Å²) in [5, 5.41) is 17.3. The van der Waals surface area contributed by atoms with E-state index in [1.807, 2.05) is 42.8 Å². The Balaban J connectivity index is 1.79. The minimum Gasteiger partial charge on any atom is -0.496 e. The summed E-state index contributed by atoms with van der Waals surface area (Å²) in [5.74, 6) is 3.32. The van der Waals surface area contributed by atoms with Crippen LogP contribution >= 0.6 is 11.8 Å². The number of hydrogen-bond acceptors (Lipinski definition) is 7. The maximum atomic E-state index is 5.50. The molecule has 0 aliphatic heterocycles. The quantitative estimate of drug-likeness (QED) is 0.643. The fourth-order valence-electron chi connectivity index (χ4n) is 2.12. The number of aryl methyl sites for hydroxylation is 1. The number of methoxy groups -OCH3 is 1.